The van der Waals surface area contributed by atoms with E-state index in [0.29, 0.717) is 27.9 Å². The van der Waals surface area contributed by atoms with Gasteiger partial charge in [-0.3, -0.25) is 10.1 Å². The number of para-hydroxylation sites is 1. The zero-order valence-corrected chi connectivity index (χ0v) is 15.8. The van der Waals surface area contributed by atoms with Gasteiger partial charge in [-0.1, -0.05) is 48.2 Å². The van der Waals surface area contributed by atoms with Crippen LogP contribution in [0.2, 0.25) is 0 Å². The van der Waals surface area contributed by atoms with E-state index < -0.39 is 22.6 Å². The number of thioether (sulfide) groups is 1. The fourth-order valence-corrected chi connectivity index (χ4v) is 3.35. The number of ether oxygens (including phenoxy) is 1. The summed E-state index contributed by atoms with van der Waals surface area (Å²) in [5, 5.41) is 34.9. The maximum absolute atomic E-state index is 11.8. The van der Waals surface area contributed by atoms with Crippen LogP contribution in [0, 0.1) is 10.1 Å². The van der Waals surface area contributed by atoms with Gasteiger partial charge in [0.15, 0.2) is 11.9 Å². The molecule has 0 saturated heterocycles. The molecule has 9 nitrogen and oxygen atoms in total. The lowest BCUT2D eigenvalue weighted by Crippen LogP contribution is -2.17. The number of rotatable bonds is 5. The van der Waals surface area contributed by atoms with E-state index >= 15 is 0 Å². The van der Waals surface area contributed by atoms with Crippen molar-refractivity contribution in [3.8, 4) is 22.9 Å². The molecule has 1 aliphatic rings. The summed E-state index contributed by atoms with van der Waals surface area (Å²) in [6.45, 7) is 3.67. The third-order valence-corrected chi connectivity index (χ3v) is 4.98. The van der Waals surface area contributed by atoms with E-state index in [1.165, 1.54) is 23.9 Å². The quantitative estimate of drug-likeness (QED) is 0.293. The van der Waals surface area contributed by atoms with Crippen molar-refractivity contribution < 1.29 is 14.8 Å². The molecule has 4 rings (SSSR count). The Labute approximate surface area is 169 Å². The molecule has 3 aromatic rings. The van der Waals surface area contributed by atoms with Gasteiger partial charge in [-0.25, -0.2) is 0 Å². The Balaban J connectivity index is 1.81. The molecule has 0 spiro atoms. The Kier molecular flexibility index (Phi) is 5.00. The molecule has 1 aromatic heterocycles. The molecule has 10 heteroatoms. The zero-order chi connectivity index (χ0) is 20.4. The van der Waals surface area contributed by atoms with Gasteiger partial charge in [0.25, 0.3) is 5.69 Å². The number of hydrogen-bond donors (Lipinski definition) is 1. The minimum absolute atomic E-state index is 0.239. The third-order valence-electron chi connectivity index (χ3n) is 4.15. The topological polar surface area (TPSA) is 126 Å². The lowest BCUT2D eigenvalue weighted by Gasteiger charge is -2.20. The highest BCUT2D eigenvalue weighted by atomic mass is 32.2. The second-order valence-corrected chi connectivity index (χ2v) is 7.01. The van der Waals surface area contributed by atoms with Crippen LogP contribution < -0.4 is 15.2 Å². The van der Waals surface area contributed by atoms with Crippen LogP contribution in [0.5, 0.6) is 11.6 Å². The molecule has 1 N–H and O–H groups in total. The monoisotopic (exact) mass is 408 g/mol. The van der Waals surface area contributed by atoms with Gasteiger partial charge in [-0.2, -0.15) is 4.98 Å². The SMILES string of the molecule is C=CCSc1nnc2c(n1)O[C@H](c1ccc([O-])c([N+](=O)[O-])c1)Nc1ccccc1-2. The molecule has 0 fully saturated rings. The predicted molar refractivity (Wildman–Crippen MR) is 106 cm³/mol. The van der Waals surface area contributed by atoms with E-state index in [4.69, 9.17) is 4.74 Å². The van der Waals surface area contributed by atoms with Gasteiger partial charge in [-0.05, 0) is 11.8 Å². The first-order valence-corrected chi connectivity index (χ1v) is 9.51. The first-order chi connectivity index (χ1) is 14.1. The molecule has 1 aliphatic heterocycles. The molecular formula is C19H14N5O4S-. The summed E-state index contributed by atoms with van der Waals surface area (Å²) >= 11 is 1.35. The van der Waals surface area contributed by atoms with Crippen LogP contribution in [0.1, 0.15) is 11.8 Å². The van der Waals surface area contributed by atoms with Gasteiger partial charge in [0.1, 0.15) is 0 Å². The van der Waals surface area contributed by atoms with Crippen molar-refractivity contribution in [3.63, 3.8) is 0 Å². The van der Waals surface area contributed by atoms with Gasteiger partial charge >= 0.3 is 0 Å². The van der Waals surface area contributed by atoms with E-state index in [1.54, 1.807) is 6.08 Å². The molecule has 0 radical (unpaired) electrons. The molecule has 1 atom stereocenters. The van der Waals surface area contributed by atoms with Crippen molar-refractivity contribution in [1.82, 2.24) is 15.2 Å². The van der Waals surface area contributed by atoms with E-state index in [1.807, 2.05) is 24.3 Å². The van der Waals surface area contributed by atoms with E-state index in [9.17, 15) is 15.2 Å². The molecule has 2 heterocycles. The van der Waals surface area contributed by atoms with Crippen LogP contribution in [0.4, 0.5) is 11.4 Å². The maximum Gasteiger partial charge on any atom is 0.262 e. The number of nitrogens with zero attached hydrogens (tertiary/aromatic N) is 4. The van der Waals surface area contributed by atoms with Crippen LogP contribution in [0.25, 0.3) is 11.3 Å². The van der Waals surface area contributed by atoms with Crippen molar-refractivity contribution in [2.45, 2.75) is 11.4 Å². The number of nitrogens with one attached hydrogen (secondary N) is 1. The number of anilines is 1. The lowest BCUT2D eigenvalue weighted by molar-refractivity contribution is -0.398. The predicted octanol–water partition coefficient (Wildman–Crippen LogP) is 3.30. The Bertz CT molecular complexity index is 1110. The largest absolute Gasteiger partial charge is 0.868 e. The summed E-state index contributed by atoms with van der Waals surface area (Å²) in [6.07, 6.45) is 0.912. The second-order valence-electron chi connectivity index (χ2n) is 6.02. The highest BCUT2D eigenvalue weighted by Gasteiger charge is 2.27. The number of nitro benzene ring substituents is 1. The van der Waals surface area contributed by atoms with Gasteiger partial charge in [-0.15, -0.1) is 16.8 Å². The number of nitro groups is 1. The fraction of sp³-hybridized carbons (Fsp3) is 0.105. The first kappa shape index (κ1) is 18.7. The number of hydrogen-bond acceptors (Lipinski definition) is 9. The highest BCUT2D eigenvalue weighted by Crippen LogP contribution is 2.40. The molecule has 0 amide bonds. The van der Waals surface area contributed by atoms with Crippen LogP contribution in [0.3, 0.4) is 0 Å². The molecule has 0 bridgehead atoms. The molecule has 0 saturated carbocycles. The minimum atomic E-state index is -0.814. The standard InChI is InChI=1S/C19H15N5O4S/c1-2-9-29-19-21-18-16(22-23-19)12-5-3-4-6-13(12)20-17(28-18)11-7-8-15(25)14(10-11)24(26)27/h2-8,10,17,20,25H,1,9H2/p-1/t17-/m1/s1. The van der Waals surface area contributed by atoms with Crippen molar-refractivity contribution in [2.24, 2.45) is 0 Å². The Morgan fingerprint density at radius 1 is 1.28 bits per heavy atom. The molecule has 29 heavy (non-hydrogen) atoms. The normalized spacial score (nSPS) is 14.6. The van der Waals surface area contributed by atoms with Crippen LogP contribution in [-0.2, 0) is 0 Å². The summed E-state index contributed by atoms with van der Waals surface area (Å²) in [5.74, 6) is 0.179. The summed E-state index contributed by atoms with van der Waals surface area (Å²) in [4.78, 5) is 14.9. The summed E-state index contributed by atoms with van der Waals surface area (Å²) in [7, 11) is 0. The third kappa shape index (κ3) is 3.69. The van der Waals surface area contributed by atoms with Crippen LogP contribution >= 0.6 is 11.8 Å². The molecule has 0 aliphatic carbocycles. The van der Waals surface area contributed by atoms with Crippen molar-refractivity contribution in [3.05, 3.63) is 70.8 Å². The summed E-state index contributed by atoms with van der Waals surface area (Å²) in [6, 6.07) is 11.2. The fourth-order valence-electron chi connectivity index (χ4n) is 2.83. The zero-order valence-electron chi connectivity index (χ0n) is 14.9. The average molecular weight is 408 g/mol. The van der Waals surface area contributed by atoms with Crippen LogP contribution in [-0.4, -0.2) is 25.9 Å². The Morgan fingerprint density at radius 2 is 2.10 bits per heavy atom. The summed E-state index contributed by atoms with van der Waals surface area (Å²) < 4.78 is 6.03. The minimum Gasteiger partial charge on any atom is -0.868 e. The Morgan fingerprint density at radius 3 is 2.90 bits per heavy atom. The van der Waals surface area contributed by atoms with Gasteiger partial charge < -0.3 is 15.2 Å². The van der Waals surface area contributed by atoms with E-state index in [-0.39, 0.29) is 5.88 Å². The number of aromatic nitrogens is 3. The molecule has 146 valence electrons. The van der Waals surface area contributed by atoms with Crippen molar-refractivity contribution >= 4 is 23.1 Å². The number of fused-ring (bicyclic) bond motifs is 3. The number of benzene rings is 2. The Hall–Kier alpha value is -3.66. The second kappa shape index (κ2) is 7.76. The summed E-state index contributed by atoms with van der Waals surface area (Å²) in [5.41, 5.74) is 1.79. The first-order valence-electron chi connectivity index (χ1n) is 8.53. The molecular weight excluding hydrogens is 394 g/mol. The van der Waals surface area contributed by atoms with Crippen LogP contribution in [0.15, 0.2) is 60.3 Å². The lowest BCUT2D eigenvalue weighted by atomic mass is 10.1. The maximum atomic E-state index is 11.8. The van der Waals surface area contributed by atoms with Gasteiger partial charge in [0, 0.05) is 28.6 Å². The van der Waals surface area contributed by atoms with Gasteiger partial charge in [0.2, 0.25) is 11.0 Å². The van der Waals surface area contributed by atoms with E-state index in [2.05, 4.69) is 27.1 Å². The van der Waals surface area contributed by atoms with Gasteiger partial charge in [0.05, 0.1) is 4.92 Å². The van der Waals surface area contributed by atoms with Crippen molar-refractivity contribution in [2.75, 3.05) is 11.1 Å². The van der Waals surface area contributed by atoms with Crippen molar-refractivity contribution in [1.29, 1.82) is 0 Å². The molecule has 0 unspecified atom stereocenters. The smallest absolute Gasteiger partial charge is 0.262 e. The van der Waals surface area contributed by atoms with E-state index in [0.717, 1.165) is 11.6 Å². The highest BCUT2D eigenvalue weighted by molar-refractivity contribution is 7.99. The molecule has 2 aromatic carbocycles. The average Bonchev–Trinajstić information content (AvgIpc) is 2.88.